The van der Waals surface area contributed by atoms with Crippen molar-refractivity contribution in [2.45, 2.75) is 19.4 Å². The van der Waals surface area contributed by atoms with Gasteiger partial charge in [-0.15, -0.1) is 0 Å². The molecule has 0 aromatic heterocycles. The summed E-state index contributed by atoms with van der Waals surface area (Å²) in [5.41, 5.74) is 2.91. The molecule has 6 nitrogen and oxygen atoms in total. The normalized spacial score (nSPS) is 16.5. The van der Waals surface area contributed by atoms with Gasteiger partial charge in [0.15, 0.2) is 0 Å². The van der Waals surface area contributed by atoms with Crippen molar-refractivity contribution in [2.24, 2.45) is 5.92 Å². The second kappa shape index (κ2) is 9.47. The summed E-state index contributed by atoms with van der Waals surface area (Å²) in [7, 11) is 0. The molecule has 0 spiro atoms. The van der Waals surface area contributed by atoms with Crippen LogP contribution in [-0.2, 0) is 9.59 Å². The van der Waals surface area contributed by atoms with Gasteiger partial charge in [-0.05, 0) is 48.9 Å². The number of nitrogens with one attached hydrogen (secondary N) is 2. The average Bonchev–Trinajstić information content (AvgIpc) is 3.22. The topological polar surface area (TPSA) is 78.5 Å². The highest BCUT2D eigenvalue weighted by Gasteiger charge is 2.35. The minimum Gasteiger partial charge on any atom is -0.349 e. The van der Waals surface area contributed by atoms with E-state index in [1.807, 2.05) is 79.7 Å². The Labute approximate surface area is 187 Å². The van der Waals surface area contributed by atoms with E-state index >= 15 is 0 Å². The predicted octanol–water partition coefficient (Wildman–Crippen LogP) is 4.17. The molecule has 6 heteroatoms. The smallest absolute Gasteiger partial charge is 0.255 e. The fourth-order valence-corrected chi connectivity index (χ4v) is 3.83. The average molecular weight is 428 g/mol. The second-order valence-electron chi connectivity index (χ2n) is 7.92. The van der Waals surface area contributed by atoms with Crippen LogP contribution in [0.25, 0.3) is 0 Å². The number of amides is 3. The molecule has 0 unspecified atom stereocenters. The van der Waals surface area contributed by atoms with Gasteiger partial charge in [0.2, 0.25) is 11.8 Å². The van der Waals surface area contributed by atoms with Gasteiger partial charge in [0, 0.05) is 29.9 Å². The number of hydrogen-bond donors (Lipinski definition) is 2. The summed E-state index contributed by atoms with van der Waals surface area (Å²) in [5, 5.41) is 5.90. The Balaban J connectivity index is 1.38. The first kappa shape index (κ1) is 21.3. The lowest BCUT2D eigenvalue weighted by molar-refractivity contribution is -0.126. The summed E-state index contributed by atoms with van der Waals surface area (Å²) in [6, 6.07) is 25.5. The Bertz CT molecular complexity index is 1120. The molecule has 1 aliphatic rings. The molecule has 4 rings (SSSR count). The summed E-state index contributed by atoms with van der Waals surface area (Å²) in [6.45, 7) is 2.26. The van der Waals surface area contributed by atoms with E-state index in [4.69, 9.17) is 0 Å². The van der Waals surface area contributed by atoms with Gasteiger partial charge in [-0.1, -0.05) is 48.5 Å². The van der Waals surface area contributed by atoms with E-state index in [0.29, 0.717) is 17.8 Å². The first-order valence-electron chi connectivity index (χ1n) is 10.6. The number of nitrogens with zero attached hydrogens (tertiary/aromatic N) is 1. The molecule has 0 bridgehead atoms. The van der Waals surface area contributed by atoms with E-state index < -0.39 is 5.92 Å². The van der Waals surface area contributed by atoms with Crippen LogP contribution in [0.5, 0.6) is 0 Å². The van der Waals surface area contributed by atoms with Crippen molar-refractivity contribution in [1.82, 2.24) is 5.32 Å². The number of rotatable bonds is 6. The minimum atomic E-state index is -0.397. The van der Waals surface area contributed by atoms with Gasteiger partial charge in [0.1, 0.15) is 0 Å². The SMILES string of the molecule is C[C@H](NC(=O)[C@H]1CC(=O)N(c2ccccc2)C1)c1cccc(NC(=O)c2ccccc2)c1. The Morgan fingerprint density at radius 2 is 1.62 bits per heavy atom. The van der Waals surface area contributed by atoms with Gasteiger partial charge in [-0.25, -0.2) is 0 Å². The third-order valence-electron chi connectivity index (χ3n) is 5.60. The van der Waals surface area contributed by atoms with E-state index in [9.17, 15) is 14.4 Å². The third kappa shape index (κ3) is 4.86. The molecule has 3 aromatic carbocycles. The van der Waals surface area contributed by atoms with Crippen LogP contribution in [-0.4, -0.2) is 24.3 Å². The maximum atomic E-state index is 12.8. The van der Waals surface area contributed by atoms with Crippen molar-refractivity contribution < 1.29 is 14.4 Å². The number of para-hydroxylation sites is 1. The Kier molecular flexibility index (Phi) is 6.31. The van der Waals surface area contributed by atoms with Crippen LogP contribution < -0.4 is 15.5 Å². The lowest BCUT2D eigenvalue weighted by Crippen LogP contribution is -2.34. The Hall–Kier alpha value is -3.93. The molecule has 1 saturated heterocycles. The lowest BCUT2D eigenvalue weighted by atomic mass is 10.0. The van der Waals surface area contributed by atoms with Crippen LogP contribution in [0, 0.1) is 5.92 Å². The highest BCUT2D eigenvalue weighted by Crippen LogP contribution is 2.26. The minimum absolute atomic E-state index is 0.0466. The summed E-state index contributed by atoms with van der Waals surface area (Å²) in [5.74, 6) is -0.784. The van der Waals surface area contributed by atoms with Crippen molar-refractivity contribution in [3.63, 3.8) is 0 Å². The zero-order valence-electron chi connectivity index (χ0n) is 17.8. The molecule has 2 N–H and O–H groups in total. The van der Waals surface area contributed by atoms with E-state index in [0.717, 1.165) is 11.3 Å². The van der Waals surface area contributed by atoms with E-state index in [1.54, 1.807) is 17.0 Å². The zero-order valence-corrected chi connectivity index (χ0v) is 17.8. The molecule has 1 fully saturated rings. The molecule has 32 heavy (non-hydrogen) atoms. The predicted molar refractivity (Wildman–Crippen MR) is 124 cm³/mol. The van der Waals surface area contributed by atoms with Crippen LogP contribution in [0.4, 0.5) is 11.4 Å². The quantitative estimate of drug-likeness (QED) is 0.620. The number of carbonyl (C=O) groups is 3. The molecule has 1 heterocycles. The second-order valence-corrected chi connectivity index (χ2v) is 7.92. The van der Waals surface area contributed by atoms with Gasteiger partial charge in [-0.2, -0.15) is 0 Å². The number of carbonyl (C=O) groups excluding carboxylic acids is 3. The van der Waals surface area contributed by atoms with Gasteiger partial charge in [0.25, 0.3) is 5.91 Å². The number of benzene rings is 3. The maximum Gasteiger partial charge on any atom is 0.255 e. The van der Waals surface area contributed by atoms with Gasteiger partial charge in [0.05, 0.1) is 12.0 Å². The van der Waals surface area contributed by atoms with Gasteiger partial charge >= 0.3 is 0 Å². The molecule has 0 radical (unpaired) electrons. The summed E-state index contributed by atoms with van der Waals surface area (Å²) in [4.78, 5) is 39.3. The fourth-order valence-electron chi connectivity index (χ4n) is 3.83. The number of hydrogen-bond acceptors (Lipinski definition) is 3. The maximum absolute atomic E-state index is 12.8. The summed E-state index contributed by atoms with van der Waals surface area (Å²) in [6.07, 6.45) is 0.195. The standard InChI is InChI=1S/C26H25N3O3/c1-18(20-11-8-12-22(15-20)28-25(31)19-9-4-2-5-10-19)27-26(32)21-16-24(30)29(17-21)23-13-6-3-7-14-23/h2-15,18,21H,16-17H2,1H3,(H,27,32)(H,28,31)/t18-,21-/m0/s1. The lowest BCUT2D eigenvalue weighted by Gasteiger charge is -2.19. The Morgan fingerprint density at radius 3 is 2.34 bits per heavy atom. The highest BCUT2D eigenvalue weighted by atomic mass is 16.2. The number of anilines is 2. The molecule has 0 saturated carbocycles. The van der Waals surface area contributed by atoms with Crippen molar-refractivity contribution in [3.05, 3.63) is 96.1 Å². The van der Waals surface area contributed by atoms with Gasteiger partial charge in [-0.3, -0.25) is 14.4 Å². The molecular formula is C26H25N3O3. The molecule has 2 atom stereocenters. The Morgan fingerprint density at radius 1 is 0.938 bits per heavy atom. The van der Waals surface area contributed by atoms with Crippen molar-refractivity contribution in [1.29, 1.82) is 0 Å². The monoisotopic (exact) mass is 427 g/mol. The first-order valence-corrected chi connectivity index (χ1v) is 10.6. The van der Waals surface area contributed by atoms with E-state index in [-0.39, 0.29) is 30.2 Å². The van der Waals surface area contributed by atoms with Crippen LogP contribution in [0.3, 0.4) is 0 Å². The van der Waals surface area contributed by atoms with Crippen molar-refractivity contribution in [2.75, 3.05) is 16.8 Å². The fraction of sp³-hybridized carbons (Fsp3) is 0.192. The van der Waals surface area contributed by atoms with E-state index in [2.05, 4.69) is 10.6 Å². The first-order chi connectivity index (χ1) is 15.5. The summed E-state index contributed by atoms with van der Waals surface area (Å²) >= 11 is 0. The summed E-state index contributed by atoms with van der Waals surface area (Å²) < 4.78 is 0. The molecular weight excluding hydrogens is 402 g/mol. The van der Waals surface area contributed by atoms with Crippen LogP contribution in [0.1, 0.15) is 35.3 Å². The zero-order chi connectivity index (χ0) is 22.5. The molecule has 162 valence electrons. The molecule has 3 aromatic rings. The molecule has 0 aliphatic carbocycles. The third-order valence-corrected chi connectivity index (χ3v) is 5.60. The highest BCUT2D eigenvalue weighted by molar-refractivity contribution is 6.04. The largest absolute Gasteiger partial charge is 0.349 e. The van der Waals surface area contributed by atoms with Crippen LogP contribution in [0.15, 0.2) is 84.9 Å². The van der Waals surface area contributed by atoms with E-state index in [1.165, 1.54) is 0 Å². The van der Waals surface area contributed by atoms with Gasteiger partial charge < -0.3 is 15.5 Å². The van der Waals surface area contributed by atoms with Crippen LogP contribution in [0.2, 0.25) is 0 Å². The van der Waals surface area contributed by atoms with Crippen molar-refractivity contribution in [3.8, 4) is 0 Å². The molecule has 3 amide bonds. The van der Waals surface area contributed by atoms with Crippen LogP contribution >= 0.6 is 0 Å². The van der Waals surface area contributed by atoms with Crippen molar-refractivity contribution >= 4 is 29.1 Å². The molecule has 1 aliphatic heterocycles.